The molecular formula is C13H12N2O4. The molecule has 0 radical (unpaired) electrons. The van der Waals surface area contributed by atoms with Gasteiger partial charge in [-0.3, -0.25) is 14.9 Å². The topological polar surface area (TPSA) is 85.2 Å². The second-order valence-corrected chi connectivity index (χ2v) is 4.03. The van der Waals surface area contributed by atoms with E-state index in [0.29, 0.717) is 5.69 Å². The highest BCUT2D eigenvalue weighted by atomic mass is 16.6. The molecule has 98 valence electrons. The van der Waals surface area contributed by atoms with Crippen molar-refractivity contribution in [2.45, 2.75) is 6.92 Å². The molecule has 6 nitrogen and oxygen atoms in total. The SMILES string of the molecule is COc1cccc(C(=O)c2cc(C)c[nH]2)c1[N+](=O)[O-]. The molecule has 0 saturated heterocycles. The van der Waals surface area contributed by atoms with Crippen molar-refractivity contribution in [2.75, 3.05) is 7.11 Å². The number of rotatable bonds is 4. The van der Waals surface area contributed by atoms with Gasteiger partial charge in [0.1, 0.15) is 5.56 Å². The maximum atomic E-state index is 12.3. The maximum Gasteiger partial charge on any atom is 0.322 e. The lowest BCUT2D eigenvalue weighted by atomic mass is 10.1. The zero-order chi connectivity index (χ0) is 14.0. The fourth-order valence-corrected chi connectivity index (χ4v) is 1.84. The second-order valence-electron chi connectivity index (χ2n) is 4.03. The van der Waals surface area contributed by atoms with E-state index in [9.17, 15) is 14.9 Å². The number of para-hydroxylation sites is 1. The van der Waals surface area contributed by atoms with E-state index in [-0.39, 0.29) is 17.0 Å². The summed E-state index contributed by atoms with van der Waals surface area (Å²) in [5, 5.41) is 11.1. The normalized spacial score (nSPS) is 10.2. The van der Waals surface area contributed by atoms with Crippen LogP contribution in [0.4, 0.5) is 5.69 Å². The minimum atomic E-state index is -0.609. The molecule has 0 aliphatic heterocycles. The molecule has 0 fully saturated rings. The zero-order valence-corrected chi connectivity index (χ0v) is 10.5. The minimum Gasteiger partial charge on any atom is -0.490 e. The Bertz CT molecular complexity index is 646. The number of methoxy groups -OCH3 is 1. The molecule has 1 N–H and O–H groups in total. The summed E-state index contributed by atoms with van der Waals surface area (Å²) < 4.78 is 4.93. The van der Waals surface area contributed by atoms with Crippen LogP contribution >= 0.6 is 0 Å². The summed E-state index contributed by atoms with van der Waals surface area (Å²) in [7, 11) is 1.33. The number of nitrogens with zero attached hydrogens (tertiary/aromatic N) is 1. The highest BCUT2D eigenvalue weighted by Gasteiger charge is 2.26. The van der Waals surface area contributed by atoms with Gasteiger partial charge in [0.25, 0.3) is 0 Å². The first-order valence-corrected chi connectivity index (χ1v) is 5.55. The molecule has 1 heterocycles. The fourth-order valence-electron chi connectivity index (χ4n) is 1.84. The minimum absolute atomic E-state index is 0.00574. The molecule has 2 aromatic rings. The summed E-state index contributed by atoms with van der Waals surface area (Å²) in [6, 6.07) is 6.06. The molecule has 0 spiro atoms. The summed E-state index contributed by atoms with van der Waals surface area (Å²) in [5.41, 5.74) is 0.885. The Morgan fingerprint density at radius 3 is 2.68 bits per heavy atom. The summed E-state index contributed by atoms with van der Waals surface area (Å²) >= 11 is 0. The number of aromatic amines is 1. The third-order valence-electron chi connectivity index (χ3n) is 2.72. The molecule has 19 heavy (non-hydrogen) atoms. The number of hydrogen-bond acceptors (Lipinski definition) is 4. The van der Waals surface area contributed by atoms with Crippen LogP contribution in [0.15, 0.2) is 30.5 Å². The molecule has 0 aliphatic rings. The molecule has 6 heteroatoms. The van der Waals surface area contributed by atoms with Crippen LogP contribution in [0.2, 0.25) is 0 Å². The smallest absolute Gasteiger partial charge is 0.322 e. The molecule has 0 aliphatic carbocycles. The summed E-state index contributed by atoms with van der Waals surface area (Å²) in [5.74, 6) is -0.363. The van der Waals surface area contributed by atoms with Crippen LogP contribution in [0.5, 0.6) is 5.75 Å². The van der Waals surface area contributed by atoms with Crippen LogP contribution < -0.4 is 4.74 Å². The second kappa shape index (κ2) is 4.93. The summed E-state index contributed by atoms with van der Waals surface area (Å²) in [4.78, 5) is 25.6. The first-order chi connectivity index (χ1) is 9.04. The van der Waals surface area contributed by atoms with Gasteiger partial charge in [-0.25, -0.2) is 0 Å². The molecule has 0 saturated carbocycles. The number of nitrogens with one attached hydrogen (secondary N) is 1. The Balaban J connectivity index is 2.56. The maximum absolute atomic E-state index is 12.3. The lowest BCUT2D eigenvalue weighted by Gasteiger charge is -2.05. The van der Waals surface area contributed by atoms with Crippen molar-refractivity contribution in [2.24, 2.45) is 0 Å². The molecule has 0 amide bonds. The van der Waals surface area contributed by atoms with Crippen molar-refractivity contribution in [3.8, 4) is 5.75 Å². The highest BCUT2D eigenvalue weighted by Crippen LogP contribution is 2.31. The van der Waals surface area contributed by atoms with Gasteiger partial charge >= 0.3 is 5.69 Å². The Kier molecular flexibility index (Phi) is 3.33. The average Bonchev–Trinajstić information content (AvgIpc) is 2.83. The van der Waals surface area contributed by atoms with Crippen LogP contribution in [-0.2, 0) is 0 Å². The van der Waals surface area contributed by atoms with E-state index in [1.165, 1.54) is 19.2 Å². The van der Waals surface area contributed by atoms with E-state index in [2.05, 4.69) is 4.98 Å². The van der Waals surface area contributed by atoms with Crippen LogP contribution in [0.1, 0.15) is 21.6 Å². The van der Waals surface area contributed by atoms with Gasteiger partial charge in [0.2, 0.25) is 5.78 Å². The fraction of sp³-hybridized carbons (Fsp3) is 0.154. The number of carbonyl (C=O) groups is 1. The van der Waals surface area contributed by atoms with E-state index in [0.717, 1.165) is 5.56 Å². The van der Waals surface area contributed by atoms with Gasteiger partial charge < -0.3 is 9.72 Å². The van der Waals surface area contributed by atoms with Crippen molar-refractivity contribution in [3.05, 3.63) is 57.4 Å². The van der Waals surface area contributed by atoms with E-state index in [1.54, 1.807) is 18.3 Å². The molecular weight excluding hydrogens is 248 g/mol. The van der Waals surface area contributed by atoms with Crippen LogP contribution in [0.25, 0.3) is 0 Å². The number of ether oxygens (including phenoxy) is 1. The highest BCUT2D eigenvalue weighted by molar-refractivity contribution is 6.11. The predicted octanol–water partition coefficient (Wildman–Crippen LogP) is 2.47. The number of benzene rings is 1. The monoisotopic (exact) mass is 260 g/mol. The van der Waals surface area contributed by atoms with Gasteiger partial charge in [-0.1, -0.05) is 6.07 Å². The first-order valence-electron chi connectivity index (χ1n) is 5.55. The number of nitro benzene ring substituents is 1. The number of aromatic nitrogens is 1. The molecule has 0 bridgehead atoms. The number of nitro groups is 1. The Morgan fingerprint density at radius 2 is 2.16 bits per heavy atom. The van der Waals surface area contributed by atoms with Crippen molar-refractivity contribution >= 4 is 11.5 Å². The van der Waals surface area contributed by atoms with Gasteiger partial charge in [-0.15, -0.1) is 0 Å². The number of hydrogen-bond donors (Lipinski definition) is 1. The largest absolute Gasteiger partial charge is 0.490 e. The number of aryl methyl sites for hydroxylation is 1. The van der Waals surface area contributed by atoms with Gasteiger partial charge in [0.15, 0.2) is 5.75 Å². The van der Waals surface area contributed by atoms with Crippen LogP contribution in [0, 0.1) is 17.0 Å². The van der Waals surface area contributed by atoms with E-state index in [4.69, 9.17) is 4.74 Å². The van der Waals surface area contributed by atoms with E-state index in [1.807, 2.05) is 6.92 Å². The van der Waals surface area contributed by atoms with E-state index >= 15 is 0 Å². The van der Waals surface area contributed by atoms with Crippen molar-refractivity contribution in [3.63, 3.8) is 0 Å². The van der Waals surface area contributed by atoms with Crippen LogP contribution in [0.3, 0.4) is 0 Å². The lowest BCUT2D eigenvalue weighted by molar-refractivity contribution is -0.386. The predicted molar refractivity (Wildman–Crippen MR) is 68.6 cm³/mol. The molecule has 0 atom stereocenters. The average molecular weight is 260 g/mol. The standard InChI is InChI=1S/C13H12N2O4/c1-8-6-10(14-7-8)13(16)9-4-3-5-11(19-2)12(9)15(17)18/h3-7,14H,1-2H3. The van der Waals surface area contributed by atoms with E-state index < -0.39 is 10.7 Å². The number of ketones is 1. The number of carbonyl (C=O) groups excluding carboxylic acids is 1. The quantitative estimate of drug-likeness (QED) is 0.520. The van der Waals surface area contributed by atoms with Crippen LogP contribution in [-0.4, -0.2) is 22.8 Å². The van der Waals surface area contributed by atoms with Gasteiger partial charge in [0.05, 0.1) is 17.7 Å². The molecule has 1 aromatic carbocycles. The summed E-state index contributed by atoms with van der Waals surface area (Å²) in [6.45, 7) is 1.83. The Morgan fingerprint density at radius 1 is 1.42 bits per heavy atom. The van der Waals surface area contributed by atoms with Crippen molar-refractivity contribution in [1.82, 2.24) is 4.98 Å². The Hall–Kier alpha value is -2.63. The zero-order valence-electron chi connectivity index (χ0n) is 10.5. The molecule has 1 aromatic heterocycles. The first kappa shape index (κ1) is 12.8. The molecule has 0 unspecified atom stereocenters. The Labute approximate surface area is 109 Å². The van der Waals surface area contributed by atoms with Gasteiger partial charge in [0, 0.05) is 6.20 Å². The molecule has 2 rings (SSSR count). The van der Waals surface area contributed by atoms with Gasteiger partial charge in [-0.05, 0) is 30.7 Å². The third-order valence-corrected chi connectivity index (χ3v) is 2.72. The lowest BCUT2D eigenvalue weighted by Crippen LogP contribution is -2.07. The van der Waals surface area contributed by atoms with Crippen molar-refractivity contribution in [1.29, 1.82) is 0 Å². The summed E-state index contributed by atoms with van der Waals surface area (Å²) in [6.07, 6.45) is 1.67. The third kappa shape index (κ3) is 2.33. The van der Waals surface area contributed by atoms with Gasteiger partial charge in [-0.2, -0.15) is 0 Å². The van der Waals surface area contributed by atoms with Crippen molar-refractivity contribution < 1.29 is 14.5 Å². The number of H-pyrrole nitrogens is 1.